The number of nitrogens with zero attached hydrogens (tertiary/aromatic N) is 3. The Morgan fingerprint density at radius 3 is 1.92 bits per heavy atom. The van der Waals surface area contributed by atoms with E-state index >= 15 is 0 Å². The molecule has 72 valence electrons. The molecule has 0 rings (SSSR count). The number of carbonyl (C=O) groups is 1. The molecule has 4 heteroatoms. The lowest BCUT2D eigenvalue weighted by molar-refractivity contribution is -0.128. The van der Waals surface area contributed by atoms with Gasteiger partial charge in [0.25, 0.3) is 0 Å². The van der Waals surface area contributed by atoms with E-state index in [4.69, 9.17) is 0 Å². The minimum Gasteiger partial charge on any atom is -0.345 e. The number of hydrazine groups is 1. The third-order valence-electron chi connectivity index (χ3n) is 1.98. The first-order valence-corrected chi connectivity index (χ1v) is 4.05. The van der Waals surface area contributed by atoms with E-state index < -0.39 is 0 Å². The van der Waals surface area contributed by atoms with Gasteiger partial charge in [-0.3, -0.25) is 4.79 Å². The molecular weight excluding hydrogens is 154 g/mol. The molecule has 4 nitrogen and oxygen atoms in total. The second-order valence-electron chi connectivity index (χ2n) is 3.17. The van der Waals surface area contributed by atoms with Crippen LogP contribution in [-0.2, 0) is 4.79 Å². The van der Waals surface area contributed by atoms with Crippen LogP contribution in [0.3, 0.4) is 0 Å². The molecule has 0 aromatic heterocycles. The summed E-state index contributed by atoms with van der Waals surface area (Å²) in [7, 11) is 7.77. The Balaban J connectivity index is 3.61. The number of carbonyl (C=O) groups excluding carboxylic acids is 1. The van der Waals surface area contributed by atoms with Gasteiger partial charge in [0.05, 0.1) is 0 Å². The van der Waals surface area contributed by atoms with E-state index in [1.807, 2.05) is 33.2 Å². The molecule has 0 aliphatic carbocycles. The van der Waals surface area contributed by atoms with Gasteiger partial charge in [-0.2, -0.15) is 0 Å². The smallest absolute Gasteiger partial charge is 0.219 e. The van der Waals surface area contributed by atoms with E-state index in [1.54, 1.807) is 11.8 Å². The zero-order valence-corrected chi connectivity index (χ0v) is 8.66. The molecule has 0 saturated heterocycles. The van der Waals surface area contributed by atoms with Crippen molar-refractivity contribution in [1.29, 1.82) is 0 Å². The maximum atomic E-state index is 10.8. The average molecular weight is 173 g/mol. The molecular formula is C8H19N3O. The van der Waals surface area contributed by atoms with Crippen LogP contribution in [-0.4, -0.2) is 62.1 Å². The number of amides is 1. The van der Waals surface area contributed by atoms with Crippen molar-refractivity contribution < 1.29 is 4.79 Å². The summed E-state index contributed by atoms with van der Waals surface area (Å²) in [6.07, 6.45) is 0. The van der Waals surface area contributed by atoms with Crippen molar-refractivity contribution in [1.82, 2.24) is 14.9 Å². The average Bonchev–Trinajstić information content (AvgIpc) is 1.98. The van der Waals surface area contributed by atoms with Gasteiger partial charge in [0.1, 0.15) is 0 Å². The SMILES string of the molecule is CC(=O)N(C)CCN(C)N(C)C. The van der Waals surface area contributed by atoms with Gasteiger partial charge in [0.15, 0.2) is 0 Å². The van der Waals surface area contributed by atoms with Crippen molar-refractivity contribution in [2.75, 3.05) is 41.3 Å². The number of likely N-dealkylation sites (N-methyl/N-ethyl adjacent to an activating group) is 2. The Labute approximate surface area is 74.7 Å². The molecule has 0 unspecified atom stereocenters. The number of hydrogen-bond acceptors (Lipinski definition) is 3. The van der Waals surface area contributed by atoms with Gasteiger partial charge in [-0.05, 0) is 0 Å². The van der Waals surface area contributed by atoms with E-state index in [-0.39, 0.29) is 5.91 Å². The van der Waals surface area contributed by atoms with Crippen LogP contribution in [0.5, 0.6) is 0 Å². The highest BCUT2D eigenvalue weighted by atomic mass is 16.2. The molecule has 1 amide bonds. The summed E-state index contributed by atoms with van der Waals surface area (Å²) in [5.41, 5.74) is 0. The molecule has 0 saturated carbocycles. The summed E-state index contributed by atoms with van der Waals surface area (Å²) < 4.78 is 0. The summed E-state index contributed by atoms with van der Waals surface area (Å²) in [5, 5.41) is 4.05. The van der Waals surface area contributed by atoms with Crippen LogP contribution in [0, 0.1) is 0 Å². The van der Waals surface area contributed by atoms with Gasteiger partial charge in [-0.15, -0.1) is 0 Å². The minimum atomic E-state index is 0.113. The van der Waals surface area contributed by atoms with E-state index in [0.29, 0.717) is 0 Å². The van der Waals surface area contributed by atoms with Gasteiger partial charge >= 0.3 is 0 Å². The quantitative estimate of drug-likeness (QED) is 0.554. The normalized spacial score (nSPS) is 10.9. The highest BCUT2D eigenvalue weighted by Gasteiger charge is 2.04. The van der Waals surface area contributed by atoms with Crippen molar-refractivity contribution in [2.45, 2.75) is 6.92 Å². The maximum Gasteiger partial charge on any atom is 0.219 e. The third kappa shape index (κ3) is 4.31. The lowest BCUT2D eigenvalue weighted by atomic mass is 10.5. The Morgan fingerprint density at radius 1 is 1.08 bits per heavy atom. The summed E-state index contributed by atoms with van der Waals surface area (Å²) in [6.45, 7) is 3.21. The first kappa shape index (κ1) is 11.4. The fourth-order valence-corrected chi connectivity index (χ4v) is 0.652. The summed E-state index contributed by atoms with van der Waals surface area (Å²) in [5.74, 6) is 0.113. The monoisotopic (exact) mass is 173 g/mol. The van der Waals surface area contributed by atoms with E-state index in [2.05, 4.69) is 5.01 Å². The lowest BCUT2D eigenvalue weighted by Gasteiger charge is -2.26. The van der Waals surface area contributed by atoms with Crippen molar-refractivity contribution in [3.05, 3.63) is 0 Å². The predicted molar refractivity (Wildman–Crippen MR) is 49.6 cm³/mol. The first-order valence-electron chi connectivity index (χ1n) is 4.05. The fourth-order valence-electron chi connectivity index (χ4n) is 0.652. The van der Waals surface area contributed by atoms with Gasteiger partial charge in [0.2, 0.25) is 5.91 Å². The van der Waals surface area contributed by atoms with Gasteiger partial charge < -0.3 is 4.90 Å². The summed E-state index contributed by atoms with van der Waals surface area (Å²) in [6, 6.07) is 0. The van der Waals surface area contributed by atoms with Crippen LogP contribution in [0.1, 0.15) is 6.92 Å². The molecule has 12 heavy (non-hydrogen) atoms. The second-order valence-corrected chi connectivity index (χ2v) is 3.17. The molecule has 0 fully saturated rings. The maximum absolute atomic E-state index is 10.8. The van der Waals surface area contributed by atoms with E-state index in [0.717, 1.165) is 13.1 Å². The first-order chi connectivity index (χ1) is 5.45. The zero-order valence-electron chi connectivity index (χ0n) is 8.66. The zero-order chi connectivity index (χ0) is 9.72. The highest BCUT2D eigenvalue weighted by molar-refractivity contribution is 5.72. The van der Waals surface area contributed by atoms with Crippen LogP contribution in [0.15, 0.2) is 0 Å². The number of hydrogen-bond donors (Lipinski definition) is 0. The number of rotatable bonds is 4. The molecule has 0 N–H and O–H groups in total. The van der Waals surface area contributed by atoms with E-state index in [1.165, 1.54) is 0 Å². The fraction of sp³-hybridized carbons (Fsp3) is 0.875. The van der Waals surface area contributed by atoms with Crippen LogP contribution in [0.25, 0.3) is 0 Å². The van der Waals surface area contributed by atoms with Crippen LogP contribution in [0.4, 0.5) is 0 Å². The van der Waals surface area contributed by atoms with Crippen LogP contribution < -0.4 is 0 Å². The highest BCUT2D eigenvalue weighted by Crippen LogP contribution is 1.88. The van der Waals surface area contributed by atoms with Crippen molar-refractivity contribution in [3.8, 4) is 0 Å². The molecule has 0 heterocycles. The molecule has 0 spiro atoms. The van der Waals surface area contributed by atoms with Crippen molar-refractivity contribution >= 4 is 5.91 Å². The molecule has 0 radical (unpaired) electrons. The Hall–Kier alpha value is -0.610. The summed E-state index contributed by atoms with van der Waals surface area (Å²) in [4.78, 5) is 12.5. The second kappa shape index (κ2) is 5.11. The van der Waals surface area contributed by atoms with Gasteiger partial charge in [-0.1, -0.05) is 0 Å². The molecule has 0 bridgehead atoms. The van der Waals surface area contributed by atoms with E-state index in [9.17, 15) is 4.79 Å². The van der Waals surface area contributed by atoms with Gasteiger partial charge in [0, 0.05) is 48.2 Å². The topological polar surface area (TPSA) is 26.8 Å². The van der Waals surface area contributed by atoms with Gasteiger partial charge in [-0.25, -0.2) is 10.0 Å². The Kier molecular flexibility index (Phi) is 4.85. The third-order valence-corrected chi connectivity index (χ3v) is 1.98. The molecule has 0 aromatic carbocycles. The van der Waals surface area contributed by atoms with Crippen LogP contribution in [0.2, 0.25) is 0 Å². The standard InChI is InChI=1S/C8H19N3O/c1-8(12)10(4)6-7-11(5)9(2)3/h6-7H2,1-5H3. The lowest BCUT2D eigenvalue weighted by Crippen LogP contribution is -2.39. The molecule has 0 aliphatic rings. The summed E-state index contributed by atoms with van der Waals surface area (Å²) >= 11 is 0. The predicted octanol–water partition coefficient (Wildman–Crippen LogP) is -0.127. The van der Waals surface area contributed by atoms with Crippen molar-refractivity contribution in [2.24, 2.45) is 0 Å². The Bertz CT molecular complexity index is 147. The van der Waals surface area contributed by atoms with Crippen LogP contribution >= 0.6 is 0 Å². The largest absolute Gasteiger partial charge is 0.345 e. The molecule has 0 aliphatic heterocycles. The minimum absolute atomic E-state index is 0.113. The molecule has 0 atom stereocenters. The van der Waals surface area contributed by atoms with Crippen molar-refractivity contribution in [3.63, 3.8) is 0 Å². The Morgan fingerprint density at radius 2 is 1.58 bits per heavy atom. The molecule has 0 aromatic rings.